The molecule has 0 radical (unpaired) electrons. The molecule has 22 heavy (non-hydrogen) atoms. The van der Waals surface area contributed by atoms with Crippen molar-refractivity contribution < 1.29 is 13.9 Å². The number of H-pyrrole nitrogens is 1. The van der Waals surface area contributed by atoms with Crippen molar-refractivity contribution in [3.8, 4) is 0 Å². The number of ether oxygens (including phenoxy) is 1. The number of nitrogens with one attached hydrogen (secondary N) is 1. The highest BCUT2D eigenvalue weighted by Crippen LogP contribution is 2.33. The summed E-state index contributed by atoms with van der Waals surface area (Å²) < 4.78 is 11.1. The van der Waals surface area contributed by atoms with Crippen LogP contribution in [0.25, 0.3) is 0 Å². The van der Waals surface area contributed by atoms with Crippen molar-refractivity contribution in [3.63, 3.8) is 0 Å². The normalized spacial score (nSPS) is 21.5. The lowest BCUT2D eigenvalue weighted by atomic mass is 10.2. The van der Waals surface area contributed by atoms with Crippen LogP contribution in [-0.2, 0) is 11.2 Å². The highest BCUT2D eigenvalue weighted by atomic mass is 16.5. The molecule has 0 aliphatic carbocycles. The Kier molecular flexibility index (Phi) is 3.98. The van der Waals surface area contributed by atoms with Crippen molar-refractivity contribution in [3.05, 3.63) is 35.3 Å². The number of hydrogen-bond acceptors (Lipinski definition) is 5. The first-order valence-corrected chi connectivity index (χ1v) is 7.42. The van der Waals surface area contributed by atoms with Crippen LogP contribution in [0.5, 0.6) is 0 Å². The van der Waals surface area contributed by atoms with Gasteiger partial charge in [-0.2, -0.15) is 5.10 Å². The van der Waals surface area contributed by atoms with Crippen LogP contribution in [0, 0.1) is 6.92 Å². The van der Waals surface area contributed by atoms with Gasteiger partial charge in [0.25, 0.3) is 5.91 Å². The first-order valence-electron chi connectivity index (χ1n) is 7.42. The third-order valence-electron chi connectivity index (χ3n) is 4.16. The summed E-state index contributed by atoms with van der Waals surface area (Å²) in [4.78, 5) is 18.7. The maximum atomic E-state index is 12.8. The molecule has 1 fully saturated rings. The lowest BCUT2D eigenvalue weighted by Crippen LogP contribution is -2.32. The SMILES string of the molecule is CCc1oc(C(=O)N2C[C@H](OC)C[C@H]2c2ncn[nH]2)cc1C. The predicted molar refractivity (Wildman–Crippen MR) is 78.4 cm³/mol. The molecule has 1 N–H and O–H groups in total. The van der Waals surface area contributed by atoms with E-state index in [4.69, 9.17) is 9.15 Å². The van der Waals surface area contributed by atoms with Crippen molar-refractivity contribution in [2.24, 2.45) is 0 Å². The van der Waals surface area contributed by atoms with Crippen LogP contribution < -0.4 is 0 Å². The van der Waals surface area contributed by atoms with E-state index < -0.39 is 0 Å². The zero-order valence-electron chi connectivity index (χ0n) is 13.0. The van der Waals surface area contributed by atoms with Gasteiger partial charge in [-0.05, 0) is 18.6 Å². The third-order valence-corrected chi connectivity index (χ3v) is 4.16. The number of methoxy groups -OCH3 is 1. The van der Waals surface area contributed by atoms with Gasteiger partial charge in [-0.25, -0.2) is 4.98 Å². The van der Waals surface area contributed by atoms with E-state index in [0.717, 1.165) is 17.7 Å². The number of aromatic nitrogens is 3. The minimum atomic E-state index is -0.171. The summed E-state index contributed by atoms with van der Waals surface area (Å²) in [5, 5.41) is 6.72. The summed E-state index contributed by atoms with van der Waals surface area (Å²) in [5.41, 5.74) is 1.00. The van der Waals surface area contributed by atoms with Crippen LogP contribution in [0.15, 0.2) is 16.8 Å². The number of hydrogen-bond donors (Lipinski definition) is 1. The second-order valence-electron chi connectivity index (χ2n) is 5.51. The highest BCUT2D eigenvalue weighted by molar-refractivity contribution is 5.92. The summed E-state index contributed by atoms with van der Waals surface area (Å²) in [6.45, 7) is 4.48. The van der Waals surface area contributed by atoms with Crippen LogP contribution in [0.1, 0.15) is 47.1 Å². The topological polar surface area (TPSA) is 84.2 Å². The number of rotatable bonds is 4. The van der Waals surface area contributed by atoms with Gasteiger partial charge in [0.05, 0.1) is 12.1 Å². The van der Waals surface area contributed by atoms with Gasteiger partial charge >= 0.3 is 0 Å². The molecular formula is C15H20N4O3. The molecule has 118 valence electrons. The quantitative estimate of drug-likeness (QED) is 0.932. The Bertz CT molecular complexity index is 650. The Balaban J connectivity index is 1.88. The molecule has 2 atom stereocenters. The average molecular weight is 304 g/mol. The Morgan fingerprint density at radius 1 is 1.59 bits per heavy atom. The predicted octanol–water partition coefficient (Wildman–Crippen LogP) is 1.87. The van der Waals surface area contributed by atoms with Gasteiger partial charge in [-0.15, -0.1) is 0 Å². The first-order chi connectivity index (χ1) is 10.6. The van der Waals surface area contributed by atoms with E-state index in [1.165, 1.54) is 6.33 Å². The molecule has 0 saturated carbocycles. The molecule has 1 amide bonds. The summed E-state index contributed by atoms with van der Waals surface area (Å²) in [5.74, 6) is 1.76. The lowest BCUT2D eigenvalue weighted by Gasteiger charge is -2.21. The molecule has 7 heteroatoms. The summed E-state index contributed by atoms with van der Waals surface area (Å²) in [6.07, 6.45) is 2.90. The molecule has 1 aliphatic heterocycles. The monoisotopic (exact) mass is 304 g/mol. The van der Waals surface area contributed by atoms with Gasteiger partial charge in [0.1, 0.15) is 17.9 Å². The van der Waals surface area contributed by atoms with Gasteiger partial charge in [-0.3, -0.25) is 9.89 Å². The number of furan rings is 1. The van der Waals surface area contributed by atoms with E-state index in [1.54, 1.807) is 18.1 Å². The van der Waals surface area contributed by atoms with E-state index in [0.29, 0.717) is 24.6 Å². The molecular weight excluding hydrogens is 284 g/mol. The number of aromatic amines is 1. The highest BCUT2D eigenvalue weighted by Gasteiger charge is 2.39. The summed E-state index contributed by atoms with van der Waals surface area (Å²) in [7, 11) is 1.66. The van der Waals surface area contributed by atoms with Crippen molar-refractivity contribution in [2.45, 2.75) is 38.8 Å². The van der Waals surface area contributed by atoms with Crippen LogP contribution in [0.4, 0.5) is 0 Å². The average Bonchev–Trinajstić information content (AvgIpc) is 3.24. The van der Waals surface area contributed by atoms with Crippen LogP contribution in [0.3, 0.4) is 0 Å². The molecule has 2 aromatic heterocycles. The minimum absolute atomic E-state index is 0.0132. The summed E-state index contributed by atoms with van der Waals surface area (Å²) >= 11 is 0. The second kappa shape index (κ2) is 5.92. The van der Waals surface area contributed by atoms with Gasteiger partial charge in [0.15, 0.2) is 5.76 Å². The Labute approximate surface area is 128 Å². The third kappa shape index (κ3) is 2.52. The number of likely N-dealkylation sites (tertiary alicyclic amines) is 1. The fraction of sp³-hybridized carbons (Fsp3) is 0.533. The fourth-order valence-corrected chi connectivity index (χ4v) is 2.95. The van der Waals surface area contributed by atoms with Crippen molar-refractivity contribution in [2.75, 3.05) is 13.7 Å². The van der Waals surface area contributed by atoms with E-state index in [1.807, 2.05) is 13.8 Å². The summed E-state index contributed by atoms with van der Waals surface area (Å²) in [6, 6.07) is 1.63. The molecule has 7 nitrogen and oxygen atoms in total. The number of aryl methyl sites for hydroxylation is 2. The molecule has 3 rings (SSSR count). The molecule has 0 unspecified atom stereocenters. The Morgan fingerprint density at radius 2 is 2.41 bits per heavy atom. The minimum Gasteiger partial charge on any atom is -0.456 e. The Morgan fingerprint density at radius 3 is 3.00 bits per heavy atom. The number of amides is 1. The van der Waals surface area contributed by atoms with Crippen molar-refractivity contribution in [1.82, 2.24) is 20.1 Å². The molecule has 1 saturated heterocycles. The van der Waals surface area contributed by atoms with E-state index in [9.17, 15) is 4.79 Å². The fourth-order valence-electron chi connectivity index (χ4n) is 2.95. The van der Waals surface area contributed by atoms with E-state index in [2.05, 4.69) is 15.2 Å². The molecule has 0 spiro atoms. The zero-order chi connectivity index (χ0) is 15.7. The van der Waals surface area contributed by atoms with Gasteiger partial charge < -0.3 is 14.1 Å². The van der Waals surface area contributed by atoms with Gasteiger partial charge in [-0.1, -0.05) is 6.92 Å². The molecule has 0 aromatic carbocycles. The first kappa shape index (κ1) is 14.8. The largest absolute Gasteiger partial charge is 0.456 e. The van der Waals surface area contributed by atoms with Crippen LogP contribution >= 0.6 is 0 Å². The van der Waals surface area contributed by atoms with Crippen molar-refractivity contribution >= 4 is 5.91 Å². The van der Waals surface area contributed by atoms with E-state index >= 15 is 0 Å². The smallest absolute Gasteiger partial charge is 0.290 e. The van der Waals surface area contributed by atoms with Gasteiger partial charge in [0, 0.05) is 26.5 Å². The number of carbonyl (C=O) groups excluding carboxylic acids is 1. The van der Waals surface area contributed by atoms with Gasteiger partial charge in [0.2, 0.25) is 0 Å². The second-order valence-corrected chi connectivity index (χ2v) is 5.51. The molecule has 1 aliphatic rings. The van der Waals surface area contributed by atoms with E-state index in [-0.39, 0.29) is 18.1 Å². The number of nitrogens with zero attached hydrogens (tertiary/aromatic N) is 3. The zero-order valence-corrected chi connectivity index (χ0v) is 13.0. The lowest BCUT2D eigenvalue weighted by molar-refractivity contribution is 0.0652. The maximum absolute atomic E-state index is 12.8. The molecule has 0 bridgehead atoms. The number of carbonyl (C=O) groups is 1. The van der Waals surface area contributed by atoms with Crippen LogP contribution in [0.2, 0.25) is 0 Å². The molecule has 2 aromatic rings. The maximum Gasteiger partial charge on any atom is 0.290 e. The standard InChI is InChI=1S/C15H20N4O3/c1-4-12-9(2)5-13(22-12)15(20)19-7-10(21-3)6-11(19)14-16-8-17-18-14/h5,8,10-11H,4,6-7H2,1-3H3,(H,16,17,18)/t10-,11+/m1/s1. The van der Waals surface area contributed by atoms with Crippen LogP contribution in [-0.4, -0.2) is 45.7 Å². The molecule has 3 heterocycles. The van der Waals surface area contributed by atoms with Crippen molar-refractivity contribution in [1.29, 1.82) is 0 Å². The Hall–Kier alpha value is -2.15.